The Morgan fingerprint density at radius 3 is 2.30 bits per heavy atom. The molecule has 20 heavy (non-hydrogen) atoms. The predicted molar refractivity (Wildman–Crippen MR) is 79.4 cm³/mol. The van der Waals surface area contributed by atoms with Crippen molar-refractivity contribution in [2.24, 2.45) is 5.92 Å². The molecule has 1 aromatic rings. The molecule has 0 bridgehead atoms. The van der Waals surface area contributed by atoms with Crippen LogP contribution >= 0.6 is 0 Å². The maximum atomic E-state index is 12.0. The van der Waals surface area contributed by atoms with Gasteiger partial charge in [-0.05, 0) is 12.3 Å². The molecule has 4 nitrogen and oxygen atoms in total. The van der Waals surface area contributed by atoms with Gasteiger partial charge in [-0.2, -0.15) is 0 Å². The van der Waals surface area contributed by atoms with Crippen molar-refractivity contribution in [1.29, 1.82) is 0 Å². The molecule has 0 heterocycles. The Labute approximate surface area is 120 Å². The summed E-state index contributed by atoms with van der Waals surface area (Å²) in [5.41, 5.74) is 0.720. The van der Waals surface area contributed by atoms with E-state index in [1.807, 2.05) is 0 Å². The SMILES string of the molecule is COc1cc(NC(=O)CCC2CCCC2)cc(OC)c1. The Morgan fingerprint density at radius 1 is 1.15 bits per heavy atom. The average Bonchev–Trinajstić information content (AvgIpc) is 2.98. The van der Waals surface area contributed by atoms with Crippen LogP contribution in [-0.4, -0.2) is 20.1 Å². The minimum atomic E-state index is 0.0622. The molecule has 1 saturated carbocycles. The molecule has 1 aromatic carbocycles. The molecule has 0 spiro atoms. The number of benzene rings is 1. The van der Waals surface area contributed by atoms with E-state index in [1.54, 1.807) is 32.4 Å². The Hall–Kier alpha value is -1.71. The molecule has 2 rings (SSSR count). The minimum absolute atomic E-state index is 0.0622. The van der Waals surface area contributed by atoms with Crippen LogP contribution in [0.5, 0.6) is 11.5 Å². The number of hydrogen-bond donors (Lipinski definition) is 1. The van der Waals surface area contributed by atoms with Crippen molar-refractivity contribution in [3.63, 3.8) is 0 Å². The number of carbonyl (C=O) groups is 1. The number of nitrogens with one attached hydrogen (secondary N) is 1. The second-order valence-electron chi connectivity index (χ2n) is 5.34. The Bertz CT molecular complexity index is 431. The first kappa shape index (κ1) is 14.7. The summed E-state index contributed by atoms with van der Waals surface area (Å²) >= 11 is 0. The monoisotopic (exact) mass is 277 g/mol. The molecule has 1 N–H and O–H groups in total. The van der Waals surface area contributed by atoms with E-state index in [-0.39, 0.29) is 5.91 Å². The number of anilines is 1. The van der Waals surface area contributed by atoms with Crippen molar-refractivity contribution in [3.8, 4) is 11.5 Å². The Balaban J connectivity index is 1.89. The number of ether oxygens (including phenoxy) is 2. The molecular formula is C16H23NO3. The van der Waals surface area contributed by atoms with Crippen LogP contribution in [0.25, 0.3) is 0 Å². The zero-order valence-corrected chi connectivity index (χ0v) is 12.3. The summed E-state index contributed by atoms with van der Waals surface area (Å²) < 4.78 is 10.4. The molecule has 0 atom stereocenters. The van der Waals surface area contributed by atoms with Crippen molar-refractivity contribution < 1.29 is 14.3 Å². The zero-order chi connectivity index (χ0) is 14.4. The molecule has 110 valence electrons. The first-order valence-corrected chi connectivity index (χ1v) is 7.24. The van der Waals surface area contributed by atoms with Gasteiger partial charge in [0.15, 0.2) is 0 Å². The summed E-state index contributed by atoms with van der Waals surface area (Å²) in [6.07, 6.45) is 6.77. The van der Waals surface area contributed by atoms with Crippen molar-refractivity contribution in [1.82, 2.24) is 0 Å². The third kappa shape index (κ3) is 4.15. The van der Waals surface area contributed by atoms with Crippen LogP contribution in [-0.2, 0) is 4.79 Å². The minimum Gasteiger partial charge on any atom is -0.497 e. The van der Waals surface area contributed by atoms with Gasteiger partial charge in [-0.15, -0.1) is 0 Å². The summed E-state index contributed by atoms with van der Waals surface area (Å²) in [5, 5.41) is 2.92. The third-order valence-electron chi connectivity index (χ3n) is 3.89. The second-order valence-corrected chi connectivity index (χ2v) is 5.34. The van der Waals surface area contributed by atoms with Crippen molar-refractivity contribution in [2.45, 2.75) is 38.5 Å². The highest BCUT2D eigenvalue weighted by atomic mass is 16.5. The Kier molecular flexibility index (Phi) is 5.27. The van der Waals surface area contributed by atoms with Gasteiger partial charge in [-0.3, -0.25) is 4.79 Å². The van der Waals surface area contributed by atoms with Crippen molar-refractivity contribution >= 4 is 11.6 Å². The van der Waals surface area contributed by atoms with Crippen LogP contribution in [0.2, 0.25) is 0 Å². The van der Waals surface area contributed by atoms with Crippen LogP contribution in [0.3, 0.4) is 0 Å². The van der Waals surface area contributed by atoms with Gasteiger partial charge < -0.3 is 14.8 Å². The lowest BCUT2D eigenvalue weighted by Crippen LogP contribution is -2.12. The lowest BCUT2D eigenvalue weighted by Gasteiger charge is -2.11. The van der Waals surface area contributed by atoms with Gasteiger partial charge in [0.05, 0.1) is 14.2 Å². The molecule has 1 fully saturated rings. The first-order valence-electron chi connectivity index (χ1n) is 7.24. The highest BCUT2D eigenvalue weighted by molar-refractivity contribution is 5.91. The molecule has 0 aliphatic heterocycles. The number of carbonyl (C=O) groups excluding carboxylic acids is 1. The van der Waals surface area contributed by atoms with Gasteiger partial charge in [0.25, 0.3) is 0 Å². The predicted octanol–water partition coefficient (Wildman–Crippen LogP) is 3.61. The van der Waals surface area contributed by atoms with Crippen molar-refractivity contribution in [3.05, 3.63) is 18.2 Å². The highest BCUT2D eigenvalue weighted by Crippen LogP contribution is 2.29. The Morgan fingerprint density at radius 2 is 1.75 bits per heavy atom. The summed E-state index contributed by atoms with van der Waals surface area (Å²) in [4.78, 5) is 12.0. The van der Waals surface area contributed by atoms with Crippen LogP contribution in [0.15, 0.2) is 18.2 Å². The lowest BCUT2D eigenvalue weighted by atomic mass is 10.0. The van der Waals surface area contributed by atoms with Crippen LogP contribution in [0, 0.1) is 5.92 Å². The van der Waals surface area contributed by atoms with Crippen LogP contribution in [0.4, 0.5) is 5.69 Å². The van der Waals surface area contributed by atoms with E-state index in [1.165, 1.54) is 25.7 Å². The largest absolute Gasteiger partial charge is 0.497 e. The smallest absolute Gasteiger partial charge is 0.224 e. The summed E-state index contributed by atoms with van der Waals surface area (Å²) in [7, 11) is 3.20. The fourth-order valence-electron chi connectivity index (χ4n) is 2.74. The fourth-order valence-corrected chi connectivity index (χ4v) is 2.74. The topological polar surface area (TPSA) is 47.6 Å². The molecule has 1 amide bonds. The first-order chi connectivity index (χ1) is 9.71. The van der Waals surface area contributed by atoms with Crippen LogP contribution in [0.1, 0.15) is 38.5 Å². The van der Waals surface area contributed by atoms with E-state index in [4.69, 9.17) is 9.47 Å². The van der Waals surface area contributed by atoms with Crippen molar-refractivity contribution in [2.75, 3.05) is 19.5 Å². The van der Waals surface area contributed by atoms with Gasteiger partial charge >= 0.3 is 0 Å². The number of hydrogen-bond acceptors (Lipinski definition) is 3. The molecule has 4 heteroatoms. The van der Waals surface area contributed by atoms with Crippen LogP contribution < -0.4 is 14.8 Å². The molecule has 1 aliphatic carbocycles. The van der Waals surface area contributed by atoms with E-state index in [9.17, 15) is 4.79 Å². The lowest BCUT2D eigenvalue weighted by molar-refractivity contribution is -0.116. The van der Waals surface area contributed by atoms with Gasteiger partial charge in [-0.25, -0.2) is 0 Å². The number of rotatable bonds is 6. The van der Waals surface area contributed by atoms with E-state index in [2.05, 4.69) is 5.32 Å². The van der Waals surface area contributed by atoms with Gasteiger partial charge in [0.2, 0.25) is 5.91 Å². The second kappa shape index (κ2) is 7.17. The molecule has 0 unspecified atom stereocenters. The normalized spacial score (nSPS) is 15.1. The summed E-state index contributed by atoms with van der Waals surface area (Å²) in [6.45, 7) is 0. The maximum Gasteiger partial charge on any atom is 0.224 e. The van der Waals surface area contributed by atoms with E-state index in [0.717, 1.165) is 18.0 Å². The van der Waals surface area contributed by atoms with E-state index < -0.39 is 0 Å². The van der Waals surface area contributed by atoms with Gasteiger partial charge in [-0.1, -0.05) is 25.7 Å². The van der Waals surface area contributed by atoms with E-state index >= 15 is 0 Å². The van der Waals surface area contributed by atoms with E-state index in [0.29, 0.717) is 17.9 Å². The molecule has 0 aromatic heterocycles. The highest BCUT2D eigenvalue weighted by Gasteiger charge is 2.16. The molecule has 0 saturated heterocycles. The van der Waals surface area contributed by atoms with Gasteiger partial charge in [0.1, 0.15) is 11.5 Å². The summed E-state index contributed by atoms with van der Waals surface area (Å²) in [6, 6.07) is 5.39. The molecule has 1 aliphatic rings. The number of amides is 1. The average molecular weight is 277 g/mol. The quantitative estimate of drug-likeness (QED) is 0.864. The third-order valence-corrected chi connectivity index (χ3v) is 3.89. The standard InChI is InChI=1S/C16H23NO3/c1-19-14-9-13(10-15(11-14)20-2)17-16(18)8-7-12-5-3-4-6-12/h9-12H,3-8H2,1-2H3,(H,17,18). The summed E-state index contributed by atoms with van der Waals surface area (Å²) in [5.74, 6) is 2.15. The van der Waals surface area contributed by atoms with Gasteiger partial charge in [0, 0.05) is 30.3 Å². The maximum absolute atomic E-state index is 12.0. The number of methoxy groups -OCH3 is 2. The zero-order valence-electron chi connectivity index (χ0n) is 12.3. The molecular weight excluding hydrogens is 254 g/mol. The fraction of sp³-hybridized carbons (Fsp3) is 0.562. The molecule has 0 radical (unpaired) electrons.